The van der Waals surface area contributed by atoms with Crippen LogP contribution in [-0.2, 0) is 17.5 Å². The van der Waals surface area contributed by atoms with E-state index < -0.39 is 12.0 Å². The highest BCUT2D eigenvalue weighted by atomic mass is 32.1. The zero-order valence-electron chi connectivity index (χ0n) is 7.26. The molecule has 0 saturated heterocycles. The molecule has 1 aromatic rings. The Morgan fingerprint density at radius 1 is 1.57 bits per heavy atom. The van der Waals surface area contributed by atoms with Crippen LogP contribution >= 0.6 is 12.2 Å². The summed E-state index contributed by atoms with van der Waals surface area (Å²) < 4.78 is 42.4. The molecule has 1 aromatic heterocycles. The molecule has 0 aromatic carbocycles. The molecule has 0 fully saturated rings. The number of aromatic nitrogens is 3. The number of ether oxygens (including phenoxy) is 1. The molecule has 0 radical (unpaired) electrons. The molecule has 0 aliphatic heterocycles. The third-order valence-electron chi connectivity index (χ3n) is 1.53. The number of hydrogen-bond donors (Lipinski definition) is 1. The summed E-state index contributed by atoms with van der Waals surface area (Å²) in [5, 5.41) is 5.20. The summed E-state index contributed by atoms with van der Waals surface area (Å²) in [6, 6.07) is 0. The molecule has 0 amide bonds. The Kier molecular flexibility index (Phi) is 3.27. The monoisotopic (exact) mass is 227 g/mol. The van der Waals surface area contributed by atoms with Crippen LogP contribution in [0.25, 0.3) is 0 Å². The number of hydrogen-bond acceptors (Lipinski definition) is 3. The number of nitrogens with zero attached hydrogens (tertiary/aromatic N) is 2. The minimum absolute atomic E-state index is 0.0284. The molecule has 14 heavy (non-hydrogen) atoms. The summed E-state index contributed by atoms with van der Waals surface area (Å²) >= 11 is 4.64. The van der Waals surface area contributed by atoms with Crippen molar-refractivity contribution in [3.8, 4) is 0 Å². The third-order valence-corrected chi connectivity index (χ3v) is 1.84. The van der Waals surface area contributed by atoms with Crippen LogP contribution in [-0.4, -0.2) is 28.5 Å². The second-order valence-corrected chi connectivity index (χ2v) is 2.88. The lowest BCUT2D eigenvalue weighted by Crippen LogP contribution is -2.17. The maximum Gasteiger partial charge on any atom is 0.451 e. The molecule has 0 atom stereocenters. The van der Waals surface area contributed by atoms with Crippen molar-refractivity contribution in [1.29, 1.82) is 0 Å². The normalized spacial score (nSPS) is 12.0. The Hall–Kier alpha value is -0.890. The van der Waals surface area contributed by atoms with E-state index in [2.05, 4.69) is 27.2 Å². The van der Waals surface area contributed by atoms with Crippen molar-refractivity contribution in [2.75, 3.05) is 13.7 Å². The van der Waals surface area contributed by atoms with Gasteiger partial charge in [0.05, 0.1) is 13.2 Å². The van der Waals surface area contributed by atoms with Gasteiger partial charge >= 0.3 is 6.18 Å². The fraction of sp³-hybridized carbons (Fsp3) is 0.667. The molecule has 4 nitrogen and oxygen atoms in total. The lowest BCUT2D eigenvalue weighted by Gasteiger charge is -2.07. The van der Waals surface area contributed by atoms with E-state index in [1.165, 1.54) is 7.11 Å². The van der Waals surface area contributed by atoms with Gasteiger partial charge in [-0.15, -0.1) is 5.10 Å². The van der Waals surface area contributed by atoms with Gasteiger partial charge in [0, 0.05) is 7.11 Å². The first-order chi connectivity index (χ1) is 6.46. The van der Waals surface area contributed by atoms with Gasteiger partial charge in [-0.1, -0.05) is 0 Å². The molecule has 1 heterocycles. The average molecular weight is 227 g/mol. The predicted molar refractivity (Wildman–Crippen MR) is 44.3 cm³/mol. The maximum absolute atomic E-state index is 12.3. The zero-order valence-corrected chi connectivity index (χ0v) is 8.08. The number of alkyl halides is 3. The molecule has 0 aliphatic carbocycles. The van der Waals surface area contributed by atoms with Crippen LogP contribution in [0.3, 0.4) is 0 Å². The minimum Gasteiger partial charge on any atom is -0.383 e. The van der Waals surface area contributed by atoms with Gasteiger partial charge in [0.2, 0.25) is 5.82 Å². The highest BCUT2D eigenvalue weighted by molar-refractivity contribution is 7.71. The zero-order chi connectivity index (χ0) is 10.8. The van der Waals surface area contributed by atoms with E-state index in [4.69, 9.17) is 0 Å². The van der Waals surface area contributed by atoms with Crippen LogP contribution < -0.4 is 0 Å². The van der Waals surface area contributed by atoms with E-state index in [0.29, 0.717) is 0 Å². The average Bonchev–Trinajstić information content (AvgIpc) is 2.42. The molecule has 0 saturated carbocycles. The van der Waals surface area contributed by atoms with Gasteiger partial charge in [-0.25, -0.2) is 0 Å². The van der Waals surface area contributed by atoms with Crippen LogP contribution in [0.15, 0.2) is 0 Å². The maximum atomic E-state index is 12.3. The molecule has 1 N–H and O–H groups in total. The van der Waals surface area contributed by atoms with E-state index in [1.54, 1.807) is 0 Å². The minimum atomic E-state index is -4.50. The number of methoxy groups -OCH3 is 1. The Balaban J connectivity index is 3.01. The number of nitrogens with one attached hydrogen (secondary N) is 1. The van der Waals surface area contributed by atoms with Gasteiger partial charge in [-0.05, 0) is 12.2 Å². The van der Waals surface area contributed by atoms with Gasteiger partial charge in [0.1, 0.15) is 0 Å². The lowest BCUT2D eigenvalue weighted by molar-refractivity contribution is -0.147. The predicted octanol–water partition coefficient (Wildman–Crippen LogP) is 1.61. The third kappa shape index (κ3) is 2.32. The molecule has 8 heteroatoms. The lowest BCUT2D eigenvalue weighted by atomic mass is 10.5. The summed E-state index contributed by atoms with van der Waals surface area (Å²) in [6.45, 7) is 0.178. The van der Waals surface area contributed by atoms with Crippen molar-refractivity contribution >= 4 is 12.2 Å². The van der Waals surface area contributed by atoms with Crippen LogP contribution in [0.4, 0.5) is 13.2 Å². The van der Waals surface area contributed by atoms with Gasteiger partial charge in [-0.3, -0.25) is 9.67 Å². The molecular weight excluding hydrogens is 219 g/mol. The van der Waals surface area contributed by atoms with Crippen molar-refractivity contribution in [3.63, 3.8) is 0 Å². The first-order valence-electron chi connectivity index (χ1n) is 3.68. The molecule has 1 rings (SSSR count). The Bertz CT molecular complexity index is 356. The fourth-order valence-electron chi connectivity index (χ4n) is 0.924. The first-order valence-corrected chi connectivity index (χ1v) is 4.09. The van der Waals surface area contributed by atoms with Gasteiger partial charge in [0.15, 0.2) is 4.77 Å². The standard InChI is InChI=1S/C6H8F3N3OS/c1-13-3-2-12-4(6(7,8)9)10-11-5(12)14/h2-3H2,1H3,(H,11,14). The van der Waals surface area contributed by atoms with Crippen molar-refractivity contribution in [2.45, 2.75) is 12.7 Å². The number of halogens is 3. The van der Waals surface area contributed by atoms with Crippen LogP contribution in [0, 0.1) is 4.77 Å². The van der Waals surface area contributed by atoms with Crippen LogP contribution in [0.5, 0.6) is 0 Å². The highest BCUT2D eigenvalue weighted by Gasteiger charge is 2.37. The van der Waals surface area contributed by atoms with Crippen LogP contribution in [0.1, 0.15) is 5.82 Å². The first kappa shape index (κ1) is 11.2. The fourth-order valence-corrected chi connectivity index (χ4v) is 1.15. The van der Waals surface area contributed by atoms with Crippen molar-refractivity contribution in [3.05, 3.63) is 10.6 Å². The smallest absolute Gasteiger partial charge is 0.383 e. The van der Waals surface area contributed by atoms with Gasteiger partial charge < -0.3 is 4.74 Å². The molecule has 0 unspecified atom stereocenters. The Morgan fingerprint density at radius 3 is 2.71 bits per heavy atom. The Labute approximate surface area is 82.7 Å². The van der Waals surface area contributed by atoms with Gasteiger partial charge in [0.25, 0.3) is 0 Å². The summed E-state index contributed by atoms with van der Waals surface area (Å²) in [5.41, 5.74) is 0. The van der Waals surface area contributed by atoms with Gasteiger partial charge in [-0.2, -0.15) is 13.2 Å². The van der Waals surface area contributed by atoms with E-state index >= 15 is 0 Å². The topological polar surface area (TPSA) is 42.8 Å². The quantitative estimate of drug-likeness (QED) is 0.798. The van der Waals surface area contributed by atoms with E-state index in [1.807, 2.05) is 0 Å². The Morgan fingerprint density at radius 2 is 2.21 bits per heavy atom. The number of rotatable bonds is 3. The number of aromatic amines is 1. The summed E-state index contributed by atoms with van der Waals surface area (Å²) in [6.07, 6.45) is -4.50. The number of H-pyrrole nitrogens is 1. The second kappa shape index (κ2) is 4.09. The van der Waals surface area contributed by atoms with Crippen molar-refractivity contribution in [1.82, 2.24) is 14.8 Å². The van der Waals surface area contributed by atoms with Crippen molar-refractivity contribution < 1.29 is 17.9 Å². The van der Waals surface area contributed by atoms with Crippen LogP contribution in [0.2, 0.25) is 0 Å². The molecule has 80 valence electrons. The van der Waals surface area contributed by atoms with E-state index in [-0.39, 0.29) is 17.9 Å². The summed E-state index contributed by atoms with van der Waals surface area (Å²) in [5.74, 6) is -1.03. The van der Waals surface area contributed by atoms with E-state index in [0.717, 1.165) is 4.57 Å². The van der Waals surface area contributed by atoms with E-state index in [9.17, 15) is 13.2 Å². The molecule has 0 aliphatic rings. The molecule has 0 bridgehead atoms. The summed E-state index contributed by atoms with van der Waals surface area (Å²) in [4.78, 5) is 0. The SMILES string of the molecule is COCCn1c(C(F)(F)F)n[nH]c1=S. The second-order valence-electron chi connectivity index (χ2n) is 2.49. The molecular formula is C6H8F3N3OS. The molecule has 0 spiro atoms. The highest BCUT2D eigenvalue weighted by Crippen LogP contribution is 2.27. The summed E-state index contributed by atoms with van der Waals surface area (Å²) in [7, 11) is 1.40. The largest absolute Gasteiger partial charge is 0.451 e. The van der Waals surface area contributed by atoms with Crippen molar-refractivity contribution in [2.24, 2.45) is 0 Å².